The molecule has 7 amide bonds. The lowest BCUT2D eigenvalue weighted by molar-refractivity contribution is 0.0718. The van der Waals surface area contributed by atoms with E-state index in [9.17, 15) is 24.0 Å². The van der Waals surface area contributed by atoms with E-state index < -0.39 is 24.2 Å². The van der Waals surface area contributed by atoms with Crippen molar-refractivity contribution in [1.29, 1.82) is 0 Å². The van der Waals surface area contributed by atoms with Gasteiger partial charge in [-0.1, -0.05) is 83.1 Å². The summed E-state index contributed by atoms with van der Waals surface area (Å²) in [5.41, 5.74) is 5.32. The summed E-state index contributed by atoms with van der Waals surface area (Å²) in [6.07, 6.45) is 5.09. The van der Waals surface area contributed by atoms with Crippen LogP contribution >= 0.6 is 0 Å². The summed E-state index contributed by atoms with van der Waals surface area (Å²) in [6, 6.07) is 35.6. The number of nitrogens with zero attached hydrogens (tertiary/aromatic N) is 3. The number of methoxy groups -OCH3 is 4. The first-order valence-corrected chi connectivity index (χ1v) is 27.2. The van der Waals surface area contributed by atoms with Crippen LogP contribution < -0.4 is 50.8 Å². The fourth-order valence-corrected chi connectivity index (χ4v) is 9.36. The number of piperidine rings is 1. The van der Waals surface area contributed by atoms with Gasteiger partial charge in [0.05, 0.1) is 62.6 Å². The molecule has 0 spiro atoms. The number of aromatic nitrogens is 2. The highest BCUT2D eigenvalue weighted by atomic mass is 16.5. The Balaban J connectivity index is 0.000000223. The van der Waals surface area contributed by atoms with Crippen molar-refractivity contribution in [3.8, 4) is 34.5 Å². The largest absolute Gasteiger partial charge is 0.492 e. The number of aryl methyl sites for hydroxylation is 1. The van der Waals surface area contributed by atoms with Crippen LogP contribution in [0.5, 0.6) is 34.5 Å². The molecule has 20 nitrogen and oxygen atoms in total. The van der Waals surface area contributed by atoms with Crippen molar-refractivity contribution in [3.05, 3.63) is 156 Å². The highest BCUT2D eigenvalue weighted by Gasteiger charge is 2.24. The number of hydrogen-bond donors (Lipinski definition) is 6. The molecule has 0 radical (unpaired) electrons. The summed E-state index contributed by atoms with van der Waals surface area (Å²) in [7, 11) is 5.47. The molecule has 84 heavy (non-hydrogen) atoms. The van der Waals surface area contributed by atoms with Gasteiger partial charge in [0.2, 0.25) is 0 Å². The average molecular weight is 1140 g/mol. The van der Waals surface area contributed by atoms with Gasteiger partial charge in [-0.25, -0.2) is 19.2 Å². The van der Waals surface area contributed by atoms with Gasteiger partial charge < -0.3 is 54.6 Å². The highest BCUT2D eigenvalue weighted by Crippen LogP contribution is 2.41. The van der Waals surface area contributed by atoms with Crippen molar-refractivity contribution in [2.45, 2.75) is 72.1 Å². The second-order valence-electron chi connectivity index (χ2n) is 20.9. The molecule has 1 saturated heterocycles. The van der Waals surface area contributed by atoms with Crippen LogP contribution in [0, 0.1) is 6.92 Å². The third-order valence-electron chi connectivity index (χ3n) is 13.7. The Morgan fingerprint density at radius 2 is 0.952 bits per heavy atom. The maximum atomic E-state index is 13.4. The number of fused-ring (bicyclic) bond motifs is 2. The van der Waals surface area contributed by atoms with Crippen molar-refractivity contribution in [2.75, 3.05) is 73.4 Å². The number of benzene rings is 6. The summed E-state index contributed by atoms with van der Waals surface area (Å²) in [4.78, 5) is 73.8. The molecule has 1 aliphatic heterocycles. The second kappa shape index (κ2) is 27.1. The van der Waals surface area contributed by atoms with E-state index in [2.05, 4.69) is 41.9 Å². The number of amides is 7. The Morgan fingerprint density at radius 3 is 1.42 bits per heavy atom. The van der Waals surface area contributed by atoms with Gasteiger partial charge in [-0.2, -0.15) is 0 Å². The minimum Gasteiger partial charge on any atom is -0.492 e. The minimum atomic E-state index is -0.662. The van der Waals surface area contributed by atoms with Gasteiger partial charge in [-0.05, 0) is 109 Å². The van der Waals surface area contributed by atoms with Crippen molar-refractivity contribution in [2.24, 2.45) is 0 Å². The monoisotopic (exact) mass is 1140 g/mol. The molecule has 2 aromatic heterocycles. The summed E-state index contributed by atoms with van der Waals surface area (Å²) in [5.74, 6) is 2.98. The summed E-state index contributed by atoms with van der Waals surface area (Å²) in [6.45, 7) is 13.5. The van der Waals surface area contributed by atoms with Crippen LogP contribution in [0.25, 0.3) is 21.5 Å². The van der Waals surface area contributed by atoms with Gasteiger partial charge >= 0.3 is 24.2 Å². The Kier molecular flexibility index (Phi) is 19.4. The second-order valence-corrected chi connectivity index (χ2v) is 20.9. The Bertz CT molecular complexity index is 3730. The molecule has 20 heteroatoms. The number of ether oxygens (including phenoxy) is 6. The van der Waals surface area contributed by atoms with E-state index in [-0.39, 0.29) is 23.0 Å². The molecule has 0 unspecified atom stereocenters. The molecule has 6 N–H and O–H groups in total. The fourth-order valence-electron chi connectivity index (χ4n) is 9.36. The van der Waals surface area contributed by atoms with Crippen molar-refractivity contribution < 1.29 is 52.4 Å². The third-order valence-corrected chi connectivity index (χ3v) is 13.7. The van der Waals surface area contributed by atoms with Gasteiger partial charge in [0, 0.05) is 64.9 Å². The summed E-state index contributed by atoms with van der Waals surface area (Å²) >= 11 is 0. The number of likely N-dealkylation sites (tertiary alicyclic amines) is 1. The summed E-state index contributed by atoms with van der Waals surface area (Å²) < 4.78 is 33.0. The number of rotatable bonds is 14. The predicted octanol–water partition coefficient (Wildman–Crippen LogP) is 15.1. The molecule has 8 aromatic rings. The highest BCUT2D eigenvalue weighted by molar-refractivity contribution is 6.10. The zero-order valence-corrected chi connectivity index (χ0v) is 48.6. The van der Waals surface area contributed by atoms with E-state index >= 15 is 0 Å². The Morgan fingerprint density at radius 1 is 0.512 bits per heavy atom. The molecule has 6 aromatic carbocycles. The van der Waals surface area contributed by atoms with Gasteiger partial charge in [0.25, 0.3) is 5.91 Å². The van der Waals surface area contributed by atoms with E-state index in [4.69, 9.17) is 28.4 Å². The zero-order chi connectivity index (χ0) is 60.1. The number of carbonyl (C=O) groups excluding carboxylic acids is 5. The molecule has 0 aliphatic carbocycles. The molecule has 0 saturated carbocycles. The molecule has 0 atom stereocenters. The van der Waals surface area contributed by atoms with Crippen LogP contribution in [0.4, 0.5) is 53.3 Å². The smallest absolute Gasteiger partial charge is 0.411 e. The third kappa shape index (κ3) is 14.9. The van der Waals surface area contributed by atoms with Crippen molar-refractivity contribution >= 4 is 85.8 Å². The molecule has 0 bridgehead atoms. The maximum Gasteiger partial charge on any atom is 0.411 e. The zero-order valence-electron chi connectivity index (χ0n) is 48.6. The quantitative estimate of drug-likeness (QED) is 0.0594. The lowest BCUT2D eigenvalue weighted by Gasteiger charge is -2.26. The van der Waals surface area contributed by atoms with E-state index in [1.165, 1.54) is 28.4 Å². The van der Waals surface area contributed by atoms with Gasteiger partial charge in [-0.3, -0.25) is 25.4 Å². The summed E-state index contributed by atoms with van der Waals surface area (Å²) in [5, 5.41) is 20.1. The lowest BCUT2D eigenvalue weighted by atomic mass is 9.86. The Hall–Kier alpha value is -10.1. The van der Waals surface area contributed by atoms with Crippen LogP contribution in [-0.2, 0) is 14.9 Å². The first-order valence-electron chi connectivity index (χ1n) is 27.2. The Labute approximate surface area is 487 Å². The molecule has 3 heterocycles. The first kappa shape index (κ1) is 60.0. The van der Waals surface area contributed by atoms with Crippen LogP contribution in [0.3, 0.4) is 0 Å². The number of urea groups is 2. The average Bonchev–Trinajstić information content (AvgIpc) is 3.69. The molecule has 1 fully saturated rings. The molecule has 1 aliphatic rings. The molecular weight excluding hydrogens is 1070 g/mol. The predicted molar refractivity (Wildman–Crippen MR) is 327 cm³/mol. The van der Waals surface area contributed by atoms with E-state index in [0.29, 0.717) is 68.6 Å². The standard InChI is InChI=1S/C35H39N5O6.C29H30N4O5/c1-35(2,3)22-19-27(31(44-4)28(20-22)39-34(43)45-5)38-33(42)37-26-13-14-30(25-12-8-7-11-24(25)26)46-23-15-16-36-29(21-23)32(41)40-17-9-6-10-18-40;1-17(2)19-15-24(27(36-4)25(16-19)33-29(35)37-5)32-28(34)31-23-10-11-26(22-9-7-6-8-21(22)23)38-20-12-13-30-18(3)14-20/h7-8,11-16,19-21H,6,9-10,17-18H2,1-5H3,(H,39,43)(H2,37,38,42);6-17H,1-5H3,(H,33,35)(H2,31,32,34). The normalized spacial score (nSPS) is 12.0. The van der Waals surface area contributed by atoms with Crippen LogP contribution in [0.2, 0.25) is 0 Å². The van der Waals surface area contributed by atoms with Crippen LogP contribution in [-0.4, -0.2) is 86.6 Å². The van der Waals surface area contributed by atoms with Gasteiger partial charge in [-0.15, -0.1) is 0 Å². The number of anilines is 6. The van der Waals surface area contributed by atoms with Gasteiger partial charge in [0.15, 0.2) is 11.5 Å². The minimum absolute atomic E-state index is 0.0987. The number of carbonyl (C=O) groups is 5. The molecular formula is C64H69N9O11. The van der Waals surface area contributed by atoms with Crippen LogP contribution in [0.1, 0.15) is 87.1 Å². The van der Waals surface area contributed by atoms with E-state index in [1.807, 2.05) is 119 Å². The lowest BCUT2D eigenvalue weighted by Crippen LogP contribution is -2.36. The van der Waals surface area contributed by atoms with Crippen LogP contribution in [0.15, 0.2) is 134 Å². The van der Waals surface area contributed by atoms with Crippen molar-refractivity contribution in [1.82, 2.24) is 14.9 Å². The number of pyridine rings is 2. The number of hydrogen-bond acceptors (Lipinski definition) is 13. The number of nitrogens with one attached hydrogen (secondary N) is 6. The maximum absolute atomic E-state index is 13.4. The van der Waals surface area contributed by atoms with Crippen molar-refractivity contribution in [3.63, 3.8) is 0 Å². The molecule has 9 rings (SSSR count). The molecule has 436 valence electrons. The van der Waals surface area contributed by atoms with Gasteiger partial charge in [0.1, 0.15) is 28.7 Å². The fraction of sp³-hybridized carbons (Fsp3) is 0.266. The first-order chi connectivity index (χ1) is 40.3. The van der Waals surface area contributed by atoms with E-state index in [1.54, 1.807) is 60.9 Å². The SMILES string of the molecule is COC(=O)Nc1cc(C(C)(C)C)cc(NC(=O)Nc2ccc(Oc3ccnc(C(=O)N4CCCCC4)c3)c3ccccc23)c1OC.COC(=O)Nc1cc(C(C)C)cc(NC(=O)Nc2ccc(Oc3ccnc(C)c3)c3ccccc23)c1OC. The topological polar surface area (TPSA) is 242 Å². The van der Waals surface area contributed by atoms with E-state index in [0.717, 1.165) is 70.7 Å².